The third-order valence-corrected chi connectivity index (χ3v) is 5.35. The standard InChI is InChI=1S/C13H20N2O4S/c1-15(10-13(16)6-8-19-9-7-13)20(17,18)12-4-2-11(14)3-5-12/h2-5,16H,6-10,14H2,1H3. The predicted molar refractivity (Wildman–Crippen MR) is 75.7 cm³/mol. The summed E-state index contributed by atoms with van der Waals surface area (Å²) in [6, 6.07) is 6.03. The second-order valence-electron chi connectivity index (χ2n) is 5.17. The number of anilines is 1. The molecule has 0 bridgehead atoms. The van der Waals surface area contributed by atoms with Crippen molar-refractivity contribution in [3.05, 3.63) is 24.3 Å². The van der Waals surface area contributed by atoms with Crippen LogP contribution in [0.5, 0.6) is 0 Å². The van der Waals surface area contributed by atoms with Crippen LogP contribution >= 0.6 is 0 Å². The van der Waals surface area contributed by atoms with E-state index in [4.69, 9.17) is 10.5 Å². The van der Waals surface area contributed by atoms with E-state index >= 15 is 0 Å². The molecule has 0 radical (unpaired) electrons. The maximum Gasteiger partial charge on any atom is 0.242 e. The molecule has 3 N–H and O–H groups in total. The average molecular weight is 300 g/mol. The van der Waals surface area contributed by atoms with Crippen molar-refractivity contribution >= 4 is 15.7 Å². The number of aliphatic hydroxyl groups is 1. The zero-order chi connectivity index (χ0) is 14.8. The highest BCUT2D eigenvalue weighted by molar-refractivity contribution is 7.89. The Morgan fingerprint density at radius 3 is 2.40 bits per heavy atom. The molecule has 112 valence electrons. The van der Waals surface area contributed by atoms with E-state index in [2.05, 4.69) is 0 Å². The van der Waals surface area contributed by atoms with Gasteiger partial charge in [-0.15, -0.1) is 0 Å². The third kappa shape index (κ3) is 3.29. The van der Waals surface area contributed by atoms with Crippen molar-refractivity contribution in [2.75, 3.05) is 32.5 Å². The molecule has 2 rings (SSSR count). The van der Waals surface area contributed by atoms with Crippen molar-refractivity contribution in [1.29, 1.82) is 0 Å². The first-order valence-corrected chi connectivity index (χ1v) is 7.90. The molecule has 0 atom stereocenters. The van der Waals surface area contributed by atoms with Gasteiger partial charge in [0.15, 0.2) is 0 Å². The summed E-state index contributed by atoms with van der Waals surface area (Å²) in [4.78, 5) is 0.171. The molecule has 1 aromatic carbocycles. The number of ether oxygens (including phenoxy) is 1. The summed E-state index contributed by atoms with van der Waals surface area (Å²) in [7, 11) is -2.14. The maximum atomic E-state index is 12.4. The molecule has 1 saturated heterocycles. The first kappa shape index (κ1) is 15.2. The van der Waals surface area contributed by atoms with Crippen LogP contribution in [0, 0.1) is 0 Å². The highest BCUT2D eigenvalue weighted by Crippen LogP contribution is 2.24. The first-order valence-electron chi connectivity index (χ1n) is 6.46. The van der Waals surface area contributed by atoms with Crippen LogP contribution in [-0.4, -0.2) is 50.2 Å². The highest BCUT2D eigenvalue weighted by atomic mass is 32.2. The largest absolute Gasteiger partial charge is 0.399 e. The quantitative estimate of drug-likeness (QED) is 0.787. The van der Waals surface area contributed by atoms with Crippen LogP contribution in [0.4, 0.5) is 5.69 Å². The number of nitrogens with two attached hydrogens (primary N) is 1. The van der Waals surface area contributed by atoms with Gasteiger partial charge < -0.3 is 15.6 Å². The summed E-state index contributed by atoms with van der Waals surface area (Å²) in [5.41, 5.74) is 5.04. The average Bonchev–Trinajstić information content (AvgIpc) is 2.39. The Balaban J connectivity index is 2.14. The summed E-state index contributed by atoms with van der Waals surface area (Å²) in [6.45, 7) is 0.960. The summed E-state index contributed by atoms with van der Waals surface area (Å²) < 4.78 is 31.2. The number of hydrogen-bond acceptors (Lipinski definition) is 5. The number of likely N-dealkylation sites (N-methyl/N-ethyl adjacent to an activating group) is 1. The molecule has 1 aliphatic heterocycles. The number of benzene rings is 1. The zero-order valence-electron chi connectivity index (χ0n) is 11.4. The molecule has 1 heterocycles. The Morgan fingerprint density at radius 2 is 1.85 bits per heavy atom. The minimum Gasteiger partial charge on any atom is -0.399 e. The van der Waals surface area contributed by atoms with E-state index in [1.807, 2.05) is 0 Å². The number of nitrogen functional groups attached to an aromatic ring is 1. The molecule has 1 fully saturated rings. The van der Waals surface area contributed by atoms with E-state index in [-0.39, 0.29) is 11.4 Å². The maximum absolute atomic E-state index is 12.4. The number of rotatable bonds is 4. The Hall–Kier alpha value is -1.15. The SMILES string of the molecule is CN(CC1(O)CCOCC1)S(=O)(=O)c1ccc(N)cc1. The van der Waals surface area contributed by atoms with Crippen LogP contribution in [0.3, 0.4) is 0 Å². The lowest BCUT2D eigenvalue weighted by Gasteiger charge is -2.35. The van der Waals surface area contributed by atoms with Crippen molar-refractivity contribution in [3.8, 4) is 0 Å². The van der Waals surface area contributed by atoms with Crippen LogP contribution in [0.25, 0.3) is 0 Å². The van der Waals surface area contributed by atoms with Crippen LogP contribution < -0.4 is 5.73 Å². The number of sulfonamides is 1. The molecule has 1 aromatic rings. The normalized spacial score (nSPS) is 19.1. The molecular formula is C13H20N2O4S. The summed E-state index contributed by atoms with van der Waals surface area (Å²) in [6.07, 6.45) is 0.878. The molecule has 0 aromatic heterocycles. The van der Waals surface area contributed by atoms with Gasteiger partial charge in [0.25, 0.3) is 0 Å². The van der Waals surface area contributed by atoms with Crippen LogP contribution in [0.15, 0.2) is 29.2 Å². The number of hydrogen-bond donors (Lipinski definition) is 2. The topological polar surface area (TPSA) is 92.9 Å². The molecule has 0 aliphatic carbocycles. The second kappa shape index (κ2) is 5.69. The lowest BCUT2D eigenvalue weighted by Crippen LogP contribution is -2.47. The van der Waals surface area contributed by atoms with E-state index < -0.39 is 15.6 Å². The van der Waals surface area contributed by atoms with Gasteiger partial charge in [0, 0.05) is 45.3 Å². The first-order chi connectivity index (χ1) is 9.33. The molecule has 0 spiro atoms. The predicted octanol–water partition coefficient (Wildman–Crippen LogP) is 0.431. The fraction of sp³-hybridized carbons (Fsp3) is 0.538. The Kier molecular flexibility index (Phi) is 4.33. The molecule has 1 aliphatic rings. The minimum atomic E-state index is -3.62. The van der Waals surface area contributed by atoms with Gasteiger partial charge >= 0.3 is 0 Å². The monoisotopic (exact) mass is 300 g/mol. The van der Waals surface area contributed by atoms with Gasteiger partial charge in [-0.25, -0.2) is 8.42 Å². The Bertz CT molecular complexity index is 550. The molecule has 20 heavy (non-hydrogen) atoms. The molecular weight excluding hydrogens is 280 g/mol. The van der Waals surface area contributed by atoms with Gasteiger partial charge in [-0.1, -0.05) is 0 Å². The fourth-order valence-electron chi connectivity index (χ4n) is 2.23. The lowest BCUT2D eigenvalue weighted by atomic mass is 9.95. The lowest BCUT2D eigenvalue weighted by molar-refractivity contribution is -0.0689. The van der Waals surface area contributed by atoms with Gasteiger partial charge in [0.2, 0.25) is 10.0 Å². The van der Waals surface area contributed by atoms with E-state index in [0.717, 1.165) is 0 Å². The van der Waals surface area contributed by atoms with E-state index in [1.165, 1.54) is 23.5 Å². The summed E-state index contributed by atoms with van der Waals surface area (Å²) >= 11 is 0. The van der Waals surface area contributed by atoms with Gasteiger partial charge in [-0.3, -0.25) is 0 Å². The van der Waals surface area contributed by atoms with Crippen molar-refractivity contribution in [3.63, 3.8) is 0 Å². The van der Waals surface area contributed by atoms with Crippen LogP contribution in [-0.2, 0) is 14.8 Å². The molecule has 7 heteroatoms. The van der Waals surface area contributed by atoms with Crippen LogP contribution in [0.1, 0.15) is 12.8 Å². The summed E-state index contributed by atoms with van der Waals surface area (Å²) in [5.74, 6) is 0. The van der Waals surface area contributed by atoms with Gasteiger partial charge in [-0.2, -0.15) is 4.31 Å². The Morgan fingerprint density at radius 1 is 1.30 bits per heavy atom. The highest BCUT2D eigenvalue weighted by Gasteiger charge is 2.34. The van der Waals surface area contributed by atoms with E-state index in [0.29, 0.717) is 31.7 Å². The van der Waals surface area contributed by atoms with Gasteiger partial charge in [0.1, 0.15) is 0 Å². The van der Waals surface area contributed by atoms with Crippen molar-refractivity contribution in [2.45, 2.75) is 23.3 Å². The third-order valence-electron chi connectivity index (χ3n) is 3.53. The zero-order valence-corrected chi connectivity index (χ0v) is 12.3. The molecule has 0 unspecified atom stereocenters. The Labute approximate surface area is 119 Å². The minimum absolute atomic E-state index is 0.0586. The number of nitrogens with zero attached hydrogens (tertiary/aromatic N) is 1. The molecule has 6 nitrogen and oxygen atoms in total. The van der Waals surface area contributed by atoms with Crippen molar-refractivity contribution in [1.82, 2.24) is 4.31 Å². The van der Waals surface area contributed by atoms with Gasteiger partial charge in [-0.05, 0) is 24.3 Å². The smallest absolute Gasteiger partial charge is 0.242 e. The molecule has 0 saturated carbocycles. The summed E-state index contributed by atoms with van der Waals surface area (Å²) in [5, 5.41) is 10.4. The molecule has 0 amide bonds. The second-order valence-corrected chi connectivity index (χ2v) is 7.21. The van der Waals surface area contributed by atoms with Gasteiger partial charge in [0.05, 0.1) is 10.5 Å². The van der Waals surface area contributed by atoms with Crippen LogP contribution in [0.2, 0.25) is 0 Å². The van der Waals surface area contributed by atoms with E-state index in [1.54, 1.807) is 12.1 Å². The van der Waals surface area contributed by atoms with E-state index in [9.17, 15) is 13.5 Å². The fourth-order valence-corrected chi connectivity index (χ4v) is 3.48. The van der Waals surface area contributed by atoms with Crippen molar-refractivity contribution < 1.29 is 18.3 Å². The van der Waals surface area contributed by atoms with Crippen molar-refractivity contribution in [2.24, 2.45) is 0 Å².